The molecule has 1 heterocycles. The summed E-state index contributed by atoms with van der Waals surface area (Å²) < 4.78 is 40.7. The van der Waals surface area contributed by atoms with E-state index in [9.17, 15) is 28.0 Å². The largest absolute Gasteiger partial charge is 0.469 e. The molecule has 2 aromatic rings. The number of hydrogen-bond acceptors (Lipinski definition) is 9. The van der Waals surface area contributed by atoms with Gasteiger partial charge in [0.2, 0.25) is 5.91 Å². The Kier molecular flexibility index (Phi) is 8.51. The maximum Gasteiger partial charge on any atom is 0.348 e. The molecule has 1 amide bonds. The number of amides is 1. The second-order valence-electron chi connectivity index (χ2n) is 5.76. The Bertz CT molecular complexity index is 1020. The number of rotatable bonds is 8. The first-order valence-corrected chi connectivity index (χ1v) is 10.3. The lowest BCUT2D eigenvalue weighted by atomic mass is 10.1. The molecule has 1 N–H and O–H groups in total. The van der Waals surface area contributed by atoms with Gasteiger partial charge in [-0.05, 0) is 12.1 Å². The van der Waals surface area contributed by atoms with Gasteiger partial charge < -0.3 is 19.5 Å². The van der Waals surface area contributed by atoms with Crippen LogP contribution in [0, 0.1) is 11.6 Å². The standard InChI is InChI=1S/C19H17F2NO7S2/c1-27-14(24)7-10-15(18(25)28-2)17(31-16(10)19(26)29-3)22-13(23)8-30-12-5-4-9(20)6-11(12)21/h4-6H,7-8H2,1-3H3,(H,22,23). The Morgan fingerprint density at radius 2 is 1.71 bits per heavy atom. The lowest BCUT2D eigenvalue weighted by molar-refractivity contribution is -0.139. The van der Waals surface area contributed by atoms with Gasteiger partial charge in [-0.1, -0.05) is 0 Å². The Morgan fingerprint density at radius 3 is 2.29 bits per heavy atom. The van der Waals surface area contributed by atoms with Crippen molar-refractivity contribution in [3.8, 4) is 0 Å². The molecule has 2 rings (SSSR count). The van der Waals surface area contributed by atoms with Crippen LogP contribution in [0.25, 0.3) is 0 Å². The van der Waals surface area contributed by atoms with Crippen molar-refractivity contribution in [1.82, 2.24) is 0 Å². The maximum atomic E-state index is 13.7. The number of halogens is 2. The third-order valence-corrected chi connectivity index (χ3v) is 6.00. The van der Waals surface area contributed by atoms with Crippen LogP contribution in [0.4, 0.5) is 13.8 Å². The molecule has 31 heavy (non-hydrogen) atoms. The summed E-state index contributed by atoms with van der Waals surface area (Å²) in [5.74, 6) is -4.93. The van der Waals surface area contributed by atoms with Crippen molar-refractivity contribution in [1.29, 1.82) is 0 Å². The van der Waals surface area contributed by atoms with Gasteiger partial charge >= 0.3 is 17.9 Å². The fraction of sp³-hybridized carbons (Fsp3) is 0.263. The van der Waals surface area contributed by atoms with Crippen LogP contribution in [-0.2, 0) is 30.2 Å². The van der Waals surface area contributed by atoms with Crippen molar-refractivity contribution in [2.75, 3.05) is 32.4 Å². The minimum Gasteiger partial charge on any atom is -0.469 e. The number of carbonyl (C=O) groups excluding carboxylic acids is 4. The SMILES string of the molecule is COC(=O)Cc1c(C(=O)OC)sc(NC(=O)CSc2ccc(F)cc2F)c1C(=O)OC. The molecule has 0 aliphatic carbocycles. The van der Waals surface area contributed by atoms with E-state index in [0.717, 1.165) is 50.5 Å². The van der Waals surface area contributed by atoms with Gasteiger partial charge in [0.05, 0.1) is 39.1 Å². The molecule has 0 saturated heterocycles. The molecule has 1 aromatic carbocycles. The van der Waals surface area contributed by atoms with E-state index in [-0.39, 0.29) is 31.7 Å². The molecule has 1 aromatic heterocycles. The van der Waals surface area contributed by atoms with Crippen molar-refractivity contribution in [3.05, 3.63) is 45.8 Å². The average Bonchev–Trinajstić information content (AvgIpc) is 3.09. The fourth-order valence-corrected chi connectivity index (χ4v) is 4.27. The molecule has 0 fully saturated rings. The Labute approximate surface area is 183 Å². The van der Waals surface area contributed by atoms with Crippen molar-refractivity contribution >= 4 is 51.9 Å². The zero-order valence-electron chi connectivity index (χ0n) is 16.6. The summed E-state index contributed by atoms with van der Waals surface area (Å²) in [4.78, 5) is 48.6. The molecule has 0 saturated carbocycles. The average molecular weight is 473 g/mol. The van der Waals surface area contributed by atoms with E-state index in [2.05, 4.69) is 14.8 Å². The van der Waals surface area contributed by atoms with Crippen LogP contribution in [-0.4, -0.2) is 50.9 Å². The summed E-state index contributed by atoms with van der Waals surface area (Å²) in [6.45, 7) is 0. The monoisotopic (exact) mass is 473 g/mol. The zero-order chi connectivity index (χ0) is 23.1. The van der Waals surface area contributed by atoms with Gasteiger partial charge in [0, 0.05) is 16.5 Å². The molecule has 0 bridgehead atoms. The molecule has 166 valence electrons. The van der Waals surface area contributed by atoms with Crippen LogP contribution in [0.2, 0.25) is 0 Å². The molecule has 0 aliphatic rings. The van der Waals surface area contributed by atoms with Gasteiger partial charge in [-0.25, -0.2) is 18.4 Å². The summed E-state index contributed by atoms with van der Waals surface area (Å²) >= 11 is 1.53. The molecule has 12 heteroatoms. The van der Waals surface area contributed by atoms with E-state index in [4.69, 9.17) is 4.74 Å². The third kappa shape index (κ3) is 6.01. The lowest BCUT2D eigenvalue weighted by Crippen LogP contribution is -2.17. The number of anilines is 1. The molecule has 8 nitrogen and oxygen atoms in total. The molecule has 0 spiro atoms. The maximum absolute atomic E-state index is 13.7. The molecule has 0 aliphatic heterocycles. The Hall–Kier alpha value is -2.99. The minimum atomic E-state index is -0.891. The first kappa shape index (κ1) is 24.3. The van der Waals surface area contributed by atoms with Gasteiger partial charge in [-0.2, -0.15) is 0 Å². The second-order valence-corrected chi connectivity index (χ2v) is 7.80. The van der Waals surface area contributed by atoms with Crippen LogP contribution in [0.15, 0.2) is 23.1 Å². The number of methoxy groups -OCH3 is 3. The van der Waals surface area contributed by atoms with Gasteiger partial charge in [0.1, 0.15) is 21.5 Å². The van der Waals surface area contributed by atoms with Gasteiger partial charge in [-0.3, -0.25) is 9.59 Å². The number of carbonyl (C=O) groups is 4. The van der Waals surface area contributed by atoms with Crippen LogP contribution in [0.5, 0.6) is 0 Å². The van der Waals surface area contributed by atoms with Crippen LogP contribution >= 0.6 is 23.1 Å². The predicted octanol–water partition coefficient (Wildman–Crippen LogP) is 3.05. The predicted molar refractivity (Wildman–Crippen MR) is 108 cm³/mol. The van der Waals surface area contributed by atoms with Crippen LogP contribution < -0.4 is 5.32 Å². The normalized spacial score (nSPS) is 10.4. The number of thioether (sulfide) groups is 1. The summed E-state index contributed by atoms with van der Waals surface area (Å²) in [5.41, 5.74) is -0.201. The van der Waals surface area contributed by atoms with Gasteiger partial charge in [-0.15, -0.1) is 23.1 Å². The van der Waals surface area contributed by atoms with Crippen molar-refractivity contribution in [3.63, 3.8) is 0 Å². The highest BCUT2D eigenvalue weighted by Crippen LogP contribution is 2.35. The van der Waals surface area contributed by atoms with E-state index in [0.29, 0.717) is 6.07 Å². The molecule has 0 radical (unpaired) electrons. The van der Waals surface area contributed by atoms with E-state index in [1.54, 1.807) is 0 Å². The summed E-state index contributed by atoms with van der Waals surface area (Å²) in [6.07, 6.45) is -0.437. The quantitative estimate of drug-likeness (QED) is 0.354. The summed E-state index contributed by atoms with van der Waals surface area (Å²) in [6, 6.07) is 2.94. The number of esters is 3. The van der Waals surface area contributed by atoms with E-state index in [1.165, 1.54) is 6.07 Å². The lowest BCUT2D eigenvalue weighted by Gasteiger charge is -2.08. The highest BCUT2D eigenvalue weighted by molar-refractivity contribution is 8.00. The first-order valence-electron chi connectivity index (χ1n) is 8.48. The second kappa shape index (κ2) is 10.9. The Balaban J connectivity index is 2.32. The van der Waals surface area contributed by atoms with Crippen LogP contribution in [0.3, 0.4) is 0 Å². The highest BCUT2D eigenvalue weighted by Gasteiger charge is 2.30. The molecular formula is C19H17F2NO7S2. The molecule has 0 unspecified atom stereocenters. The topological polar surface area (TPSA) is 108 Å². The zero-order valence-corrected chi connectivity index (χ0v) is 18.2. The third-order valence-electron chi connectivity index (χ3n) is 3.82. The van der Waals surface area contributed by atoms with Crippen molar-refractivity contribution in [2.45, 2.75) is 11.3 Å². The number of benzene rings is 1. The number of nitrogens with one attached hydrogen (secondary N) is 1. The summed E-state index contributed by atoms with van der Waals surface area (Å²) in [5, 5.41) is 2.41. The van der Waals surface area contributed by atoms with Gasteiger partial charge in [0.15, 0.2) is 0 Å². The minimum absolute atomic E-state index is 0.0110. The number of ether oxygens (including phenoxy) is 3. The molecule has 0 atom stereocenters. The number of thiophene rings is 1. The highest BCUT2D eigenvalue weighted by atomic mass is 32.2. The van der Waals surface area contributed by atoms with Crippen molar-refractivity contribution in [2.24, 2.45) is 0 Å². The van der Waals surface area contributed by atoms with Crippen LogP contribution in [0.1, 0.15) is 25.6 Å². The van der Waals surface area contributed by atoms with Gasteiger partial charge in [0.25, 0.3) is 0 Å². The first-order chi connectivity index (χ1) is 14.7. The fourth-order valence-electron chi connectivity index (χ4n) is 2.41. The molecular weight excluding hydrogens is 456 g/mol. The van der Waals surface area contributed by atoms with E-state index >= 15 is 0 Å². The summed E-state index contributed by atoms with van der Waals surface area (Å²) in [7, 11) is 3.35. The van der Waals surface area contributed by atoms with E-state index < -0.39 is 41.9 Å². The number of hydrogen-bond donors (Lipinski definition) is 1. The van der Waals surface area contributed by atoms with Crippen molar-refractivity contribution < 1.29 is 42.2 Å². The Morgan fingerprint density at radius 1 is 1.03 bits per heavy atom. The van der Waals surface area contributed by atoms with E-state index in [1.807, 2.05) is 0 Å². The smallest absolute Gasteiger partial charge is 0.348 e.